The molecule has 4 rings (SSSR count). The fourth-order valence-electron chi connectivity index (χ4n) is 2.76. The molecule has 1 aromatic carbocycles. The van der Waals surface area contributed by atoms with E-state index in [4.69, 9.17) is 0 Å². The highest BCUT2D eigenvalue weighted by Crippen LogP contribution is 2.34. The molecule has 2 heterocycles. The molecule has 2 aromatic heterocycles. The molecular formula is C15H14N4. The van der Waals surface area contributed by atoms with Gasteiger partial charge in [-0.3, -0.25) is 0 Å². The number of benzene rings is 1. The number of hydrogen-bond donors (Lipinski definition) is 1. The van der Waals surface area contributed by atoms with Crippen molar-refractivity contribution < 1.29 is 0 Å². The Hall–Kier alpha value is -2.36. The minimum atomic E-state index is 0.598. The lowest BCUT2D eigenvalue weighted by Crippen LogP contribution is -2.24. The first-order valence-corrected chi connectivity index (χ1v) is 6.52. The summed E-state index contributed by atoms with van der Waals surface area (Å²) in [6.45, 7) is 0.925. The summed E-state index contributed by atoms with van der Waals surface area (Å²) in [4.78, 5) is 4.39. The molecule has 0 saturated carbocycles. The quantitative estimate of drug-likeness (QED) is 0.776. The zero-order chi connectivity index (χ0) is 12.7. The molecule has 0 saturated heterocycles. The van der Waals surface area contributed by atoms with Gasteiger partial charge in [0.15, 0.2) is 5.82 Å². The van der Waals surface area contributed by atoms with Crippen LogP contribution < -0.4 is 5.32 Å². The van der Waals surface area contributed by atoms with Crippen molar-refractivity contribution in [3.8, 4) is 0 Å². The third-order valence-electron chi connectivity index (χ3n) is 3.80. The van der Waals surface area contributed by atoms with Crippen LogP contribution in [-0.4, -0.2) is 21.1 Å². The maximum absolute atomic E-state index is 4.39. The van der Waals surface area contributed by atoms with Crippen LogP contribution in [0, 0.1) is 0 Å². The van der Waals surface area contributed by atoms with Crippen LogP contribution in [0.25, 0.3) is 5.52 Å². The monoisotopic (exact) mass is 250 g/mol. The van der Waals surface area contributed by atoms with E-state index < -0.39 is 0 Å². The predicted octanol–water partition coefficient (Wildman–Crippen LogP) is 2.48. The van der Waals surface area contributed by atoms with E-state index >= 15 is 0 Å². The predicted molar refractivity (Wildman–Crippen MR) is 74.4 cm³/mol. The third kappa shape index (κ3) is 1.68. The molecule has 1 aliphatic rings. The molecule has 3 aromatic rings. The van der Waals surface area contributed by atoms with Crippen LogP contribution in [0.4, 0.5) is 5.82 Å². The Kier molecular flexibility index (Phi) is 2.27. The highest BCUT2D eigenvalue weighted by molar-refractivity contribution is 5.66. The van der Waals surface area contributed by atoms with Gasteiger partial charge in [0.2, 0.25) is 0 Å². The Morgan fingerprint density at radius 3 is 3.11 bits per heavy atom. The molecular weight excluding hydrogens is 236 g/mol. The number of fused-ring (bicyclic) bond motifs is 2. The fraction of sp³-hybridized carbons (Fsp3) is 0.200. The molecule has 0 amide bonds. The first-order chi connectivity index (χ1) is 9.42. The van der Waals surface area contributed by atoms with Crippen molar-refractivity contribution >= 4 is 11.3 Å². The van der Waals surface area contributed by atoms with E-state index in [2.05, 4.69) is 39.7 Å². The molecule has 4 heteroatoms. The second kappa shape index (κ2) is 4.09. The second-order valence-corrected chi connectivity index (χ2v) is 4.92. The van der Waals surface area contributed by atoms with Gasteiger partial charge in [0.25, 0.3) is 0 Å². The molecule has 0 aliphatic heterocycles. The number of nitrogens with one attached hydrogen (secondary N) is 1. The summed E-state index contributed by atoms with van der Waals surface area (Å²) in [5.41, 5.74) is 3.97. The number of nitrogens with zero attached hydrogens (tertiary/aromatic N) is 3. The van der Waals surface area contributed by atoms with Crippen LogP contribution in [-0.2, 0) is 6.42 Å². The summed E-state index contributed by atoms with van der Waals surface area (Å²) in [5, 5.41) is 7.66. The molecule has 1 atom stereocenters. The van der Waals surface area contributed by atoms with E-state index in [9.17, 15) is 0 Å². The average Bonchev–Trinajstić information content (AvgIpc) is 2.89. The molecule has 0 spiro atoms. The van der Waals surface area contributed by atoms with Gasteiger partial charge in [-0.05, 0) is 23.6 Å². The molecule has 0 bridgehead atoms. The van der Waals surface area contributed by atoms with E-state index in [0.717, 1.165) is 24.3 Å². The van der Waals surface area contributed by atoms with Crippen LogP contribution in [0.15, 0.2) is 48.9 Å². The maximum Gasteiger partial charge on any atom is 0.152 e. The Morgan fingerprint density at radius 1 is 1.21 bits per heavy atom. The van der Waals surface area contributed by atoms with Crippen molar-refractivity contribution in [1.82, 2.24) is 14.6 Å². The lowest BCUT2D eigenvalue weighted by atomic mass is 9.77. The van der Waals surface area contributed by atoms with Gasteiger partial charge in [0.1, 0.15) is 5.52 Å². The summed E-state index contributed by atoms with van der Waals surface area (Å²) >= 11 is 0. The fourth-order valence-corrected chi connectivity index (χ4v) is 2.76. The zero-order valence-electron chi connectivity index (χ0n) is 10.5. The lowest BCUT2D eigenvalue weighted by molar-refractivity contribution is 0.634. The summed E-state index contributed by atoms with van der Waals surface area (Å²) < 4.78 is 1.84. The van der Waals surface area contributed by atoms with Crippen LogP contribution in [0.1, 0.15) is 17.0 Å². The van der Waals surface area contributed by atoms with Crippen LogP contribution >= 0.6 is 0 Å². The van der Waals surface area contributed by atoms with E-state index in [0.29, 0.717) is 5.92 Å². The minimum Gasteiger partial charge on any atom is -0.368 e. The van der Waals surface area contributed by atoms with E-state index in [1.807, 2.05) is 16.8 Å². The summed E-state index contributed by atoms with van der Waals surface area (Å²) in [5.74, 6) is 1.51. The van der Waals surface area contributed by atoms with E-state index in [-0.39, 0.29) is 0 Å². The normalized spacial score (nSPS) is 16.9. The van der Waals surface area contributed by atoms with Crippen molar-refractivity contribution in [1.29, 1.82) is 0 Å². The van der Waals surface area contributed by atoms with Crippen molar-refractivity contribution in [3.63, 3.8) is 0 Å². The molecule has 1 N–H and O–H groups in total. The Labute approximate surface area is 111 Å². The second-order valence-electron chi connectivity index (χ2n) is 4.92. The molecule has 4 nitrogen and oxygen atoms in total. The Bertz CT molecular complexity index is 732. The van der Waals surface area contributed by atoms with Crippen LogP contribution in [0.3, 0.4) is 0 Å². The molecule has 94 valence electrons. The highest BCUT2D eigenvalue weighted by atomic mass is 15.2. The van der Waals surface area contributed by atoms with Crippen molar-refractivity contribution in [2.75, 3.05) is 11.9 Å². The van der Waals surface area contributed by atoms with Crippen molar-refractivity contribution in [2.24, 2.45) is 0 Å². The summed E-state index contributed by atoms with van der Waals surface area (Å²) in [7, 11) is 0. The number of aromatic nitrogens is 3. The van der Waals surface area contributed by atoms with Gasteiger partial charge in [0, 0.05) is 24.9 Å². The van der Waals surface area contributed by atoms with Crippen LogP contribution in [0.5, 0.6) is 0 Å². The summed E-state index contributed by atoms with van der Waals surface area (Å²) in [6, 6.07) is 10.6. The molecule has 1 aliphatic carbocycles. The minimum absolute atomic E-state index is 0.598. The van der Waals surface area contributed by atoms with Crippen molar-refractivity contribution in [3.05, 3.63) is 60.0 Å². The first kappa shape index (κ1) is 10.6. The standard InChI is InChI=1S/C15H14N4/c1-2-4-13-11(3-1)9-12(13)10-17-15-14-5-6-18-19(14)8-7-16-15/h1-8,12H,9-10H2,(H,16,17). The van der Waals surface area contributed by atoms with Gasteiger partial charge in [-0.2, -0.15) is 5.10 Å². The van der Waals surface area contributed by atoms with Gasteiger partial charge in [0.05, 0.1) is 6.20 Å². The van der Waals surface area contributed by atoms with Gasteiger partial charge >= 0.3 is 0 Å². The molecule has 19 heavy (non-hydrogen) atoms. The molecule has 0 fully saturated rings. The third-order valence-corrected chi connectivity index (χ3v) is 3.80. The number of hydrogen-bond acceptors (Lipinski definition) is 3. The number of anilines is 1. The smallest absolute Gasteiger partial charge is 0.152 e. The molecule has 1 unspecified atom stereocenters. The van der Waals surface area contributed by atoms with Gasteiger partial charge < -0.3 is 5.32 Å². The van der Waals surface area contributed by atoms with Crippen LogP contribution in [0.2, 0.25) is 0 Å². The van der Waals surface area contributed by atoms with E-state index in [1.54, 1.807) is 12.4 Å². The SMILES string of the molecule is c1ccc2c(c1)CC2CNc1nccn2nccc12. The maximum atomic E-state index is 4.39. The van der Waals surface area contributed by atoms with Gasteiger partial charge in [-0.25, -0.2) is 9.50 Å². The largest absolute Gasteiger partial charge is 0.368 e. The highest BCUT2D eigenvalue weighted by Gasteiger charge is 2.25. The Morgan fingerprint density at radius 2 is 2.16 bits per heavy atom. The summed E-state index contributed by atoms with van der Waals surface area (Å²) in [6.07, 6.45) is 6.59. The Balaban J connectivity index is 1.53. The molecule has 0 radical (unpaired) electrons. The van der Waals surface area contributed by atoms with Gasteiger partial charge in [-0.1, -0.05) is 24.3 Å². The van der Waals surface area contributed by atoms with Gasteiger partial charge in [-0.15, -0.1) is 0 Å². The van der Waals surface area contributed by atoms with E-state index in [1.165, 1.54) is 11.1 Å². The average molecular weight is 250 g/mol. The number of rotatable bonds is 3. The topological polar surface area (TPSA) is 42.2 Å². The zero-order valence-corrected chi connectivity index (χ0v) is 10.5. The lowest BCUT2D eigenvalue weighted by Gasteiger charge is -2.30. The van der Waals surface area contributed by atoms with Crippen molar-refractivity contribution in [2.45, 2.75) is 12.3 Å². The first-order valence-electron chi connectivity index (χ1n) is 6.52.